The van der Waals surface area contributed by atoms with Crippen molar-refractivity contribution in [3.05, 3.63) is 35.4 Å². The Hall–Kier alpha value is -2.15. The Morgan fingerprint density at radius 1 is 1.26 bits per heavy atom. The fourth-order valence-corrected chi connectivity index (χ4v) is 4.94. The number of rotatable bonds is 4. The first-order chi connectivity index (χ1) is 12.9. The van der Waals surface area contributed by atoms with Gasteiger partial charge in [-0.1, -0.05) is 0 Å². The van der Waals surface area contributed by atoms with E-state index in [0.717, 1.165) is 43.7 Å². The van der Waals surface area contributed by atoms with Crippen LogP contribution in [-0.4, -0.2) is 54.7 Å². The van der Waals surface area contributed by atoms with Gasteiger partial charge in [-0.3, -0.25) is 14.2 Å². The lowest BCUT2D eigenvalue weighted by Gasteiger charge is -2.35. The Bertz CT molecular complexity index is 813. The van der Waals surface area contributed by atoms with E-state index in [2.05, 4.69) is 17.1 Å². The van der Waals surface area contributed by atoms with Crippen LogP contribution in [0.15, 0.2) is 18.5 Å². The quantitative estimate of drug-likeness (QED) is 0.886. The molecule has 146 valence electrons. The van der Waals surface area contributed by atoms with E-state index >= 15 is 0 Å². The molecular formula is C20H29N5O2. The Labute approximate surface area is 160 Å². The number of aliphatic hydroxyl groups is 1. The normalized spacial score (nSPS) is 27.8. The second kappa shape index (κ2) is 7.11. The topological polar surface area (TPSA) is 76.2 Å². The molecule has 2 fully saturated rings. The molecule has 2 aromatic rings. The third-order valence-electron chi connectivity index (χ3n) is 6.57. The molecule has 1 saturated heterocycles. The van der Waals surface area contributed by atoms with Gasteiger partial charge in [-0.2, -0.15) is 10.2 Å². The summed E-state index contributed by atoms with van der Waals surface area (Å²) in [7, 11) is 1.94. The van der Waals surface area contributed by atoms with Crippen molar-refractivity contribution in [2.75, 3.05) is 13.1 Å². The summed E-state index contributed by atoms with van der Waals surface area (Å²) in [6.07, 6.45) is 6.20. The number of likely N-dealkylation sites (tertiary alicyclic amines) is 1. The average molecular weight is 371 g/mol. The molecule has 2 aliphatic rings. The van der Waals surface area contributed by atoms with Gasteiger partial charge >= 0.3 is 0 Å². The number of carbonyl (C=O) groups is 1. The van der Waals surface area contributed by atoms with Gasteiger partial charge in [-0.05, 0) is 56.6 Å². The first-order valence-corrected chi connectivity index (χ1v) is 9.88. The van der Waals surface area contributed by atoms with Gasteiger partial charge in [0.15, 0.2) is 0 Å². The van der Waals surface area contributed by atoms with E-state index in [1.807, 2.05) is 40.5 Å². The van der Waals surface area contributed by atoms with E-state index < -0.39 is 0 Å². The zero-order valence-electron chi connectivity index (χ0n) is 16.4. The summed E-state index contributed by atoms with van der Waals surface area (Å²) in [5.74, 6) is 1.07. The summed E-state index contributed by atoms with van der Waals surface area (Å²) in [4.78, 5) is 14.8. The van der Waals surface area contributed by atoms with Crippen molar-refractivity contribution in [3.8, 4) is 0 Å². The van der Waals surface area contributed by atoms with Crippen molar-refractivity contribution in [2.45, 2.75) is 51.7 Å². The summed E-state index contributed by atoms with van der Waals surface area (Å²) in [5, 5.41) is 19.3. The molecule has 0 bridgehead atoms. The van der Waals surface area contributed by atoms with Crippen LogP contribution in [0.1, 0.15) is 42.3 Å². The molecule has 1 N–H and O–H groups in total. The lowest BCUT2D eigenvalue weighted by molar-refractivity contribution is -0.130. The number of hydrogen-bond acceptors (Lipinski definition) is 4. The van der Waals surface area contributed by atoms with Gasteiger partial charge < -0.3 is 10.0 Å². The molecule has 2 aromatic heterocycles. The van der Waals surface area contributed by atoms with Crippen molar-refractivity contribution in [2.24, 2.45) is 18.9 Å². The minimum absolute atomic E-state index is 0.0250. The van der Waals surface area contributed by atoms with Crippen LogP contribution in [-0.2, 0) is 18.3 Å². The zero-order valence-corrected chi connectivity index (χ0v) is 16.4. The minimum Gasteiger partial charge on any atom is -0.391 e. The van der Waals surface area contributed by atoms with Crippen LogP contribution in [0.2, 0.25) is 0 Å². The molecule has 7 heteroatoms. The number of aryl methyl sites for hydroxylation is 2. The van der Waals surface area contributed by atoms with Crippen molar-refractivity contribution in [1.82, 2.24) is 24.5 Å². The largest absolute Gasteiger partial charge is 0.391 e. The molecule has 4 atom stereocenters. The minimum atomic E-state index is -0.387. The van der Waals surface area contributed by atoms with Crippen LogP contribution in [0.3, 0.4) is 0 Å². The van der Waals surface area contributed by atoms with Crippen LogP contribution in [0.5, 0.6) is 0 Å². The zero-order chi connectivity index (χ0) is 19.1. The van der Waals surface area contributed by atoms with E-state index in [-0.39, 0.29) is 18.1 Å². The van der Waals surface area contributed by atoms with Crippen LogP contribution >= 0.6 is 0 Å². The summed E-state index contributed by atoms with van der Waals surface area (Å²) < 4.78 is 3.76. The van der Waals surface area contributed by atoms with Gasteiger partial charge in [0.2, 0.25) is 5.91 Å². The van der Waals surface area contributed by atoms with Gasteiger partial charge in [0.25, 0.3) is 0 Å². The Morgan fingerprint density at radius 3 is 2.63 bits per heavy atom. The number of aliphatic hydroxyl groups excluding tert-OH is 1. The highest BCUT2D eigenvalue weighted by Gasteiger charge is 2.43. The summed E-state index contributed by atoms with van der Waals surface area (Å²) in [6, 6.07) is 1.92. The molecule has 0 spiro atoms. The third-order valence-corrected chi connectivity index (χ3v) is 6.57. The van der Waals surface area contributed by atoms with Gasteiger partial charge in [0, 0.05) is 44.6 Å². The first-order valence-electron chi connectivity index (χ1n) is 9.88. The van der Waals surface area contributed by atoms with Crippen molar-refractivity contribution < 1.29 is 9.90 Å². The lowest BCUT2D eigenvalue weighted by atomic mass is 9.77. The van der Waals surface area contributed by atoms with E-state index in [1.165, 1.54) is 5.56 Å². The molecule has 0 radical (unpaired) electrons. The number of amides is 1. The second-order valence-electron chi connectivity index (χ2n) is 8.18. The van der Waals surface area contributed by atoms with Gasteiger partial charge in [0.1, 0.15) is 0 Å². The van der Waals surface area contributed by atoms with Crippen molar-refractivity contribution in [1.29, 1.82) is 0 Å². The van der Waals surface area contributed by atoms with Gasteiger partial charge in [0.05, 0.1) is 17.8 Å². The van der Waals surface area contributed by atoms with E-state index in [4.69, 9.17) is 0 Å². The first kappa shape index (κ1) is 18.2. The number of fused-ring (bicyclic) bond motifs is 1. The molecule has 0 unspecified atom stereocenters. The standard InChI is InChI=1S/C20H29N5O2/c1-13-17(14(2)23(3)22-13)5-6-20(27)24-11-15-9-18(25-8-4-7-21-25)19(26)10-16(15)12-24/h4,7-8,15-16,18-19,26H,5-6,9-12H2,1-3H3/t15-,16+,18-,19-/m1/s1. The third kappa shape index (κ3) is 3.40. The molecule has 7 nitrogen and oxygen atoms in total. The molecule has 4 rings (SSSR count). The predicted molar refractivity (Wildman–Crippen MR) is 101 cm³/mol. The highest BCUT2D eigenvalue weighted by Crippen LogP contribution is 2.41. The predicted octanol–water partition coefficient (Wildman–Crippen LogP) is 1.64. The lowest BCUT2D eigenvalue weighted by Crippen LogP contribution is -2.36. The molecule has 0 aromatic carbocycles. The van der Waals surface area contributed by atoms with E-state index in [1.54, 1.807) is 6.20 Å². The Morgan fingerprint density at radius 2 is 2.00 bits per heavy atom. The summed E-state index contributed by atoms with van der Waals surface area (Å²) >= 11 is 0. The van der Waals surface area contributed by atoms with Crippen molar-refractivity contribution >= 4 is 5.91 Å². The molecule has 3 heterocycles. The van der Waals surface area contributed by atoms with Gasteiger partial charge in [-0.25, -0.2) is 0 Å². The average Bonchev–Trinajstić information content (AvgIpc) is 3.34. The fraction of sp³-hybridized carbons (Fsp3) is 0.650. The Balaban J connectivity index is 1.37. The highest BCUT2D eigenvalue weighted by molar-refractivity contribution is 5.77. The smallest absolute Gasteiger partial charge is 0.222 e. The number of carbonyl (C=O) groups excluding carboxylic acids is 1. The second-order valence-corrected chi connectivity index (χ2v) is 8.18. The van der Waals surface area contributed by atoms with Crippen LogP contribution in [0.4, 0.5) is 0 Å². The van der Waals surface area contributed by atoms with Crippen molar-refractivity contribution in [3.63, 3.8) is 0 Å². The molecule has 1 saturated carbocycles. The molecule has 1 aliphatic carbocycles. The van der Waals surface area contributed by atoms with E-state index in [9.17, 15) is 9.90 Å². The monoisotopic (exact) mass is 371 g/mol. The summed E-state index contributed by atoms with van der Waals surface area (Å²) in [6.45, 7) is 5.64. The summed E-state index contributed by atoms with van der Waals surface area (Å²) in [5.41, 5.74) is 3.35. The SMILES string of the molecule is Cc1nn(C)c(C)c1CCC(=O)N1C[C@H]2C[C@@H](n3cccn3)[C@H](O)C[C@H]2C1. The van der Waals surface area contributed by atoms with Crippen LogP contribution in [0, 0.1) is 25.7 Å². The number of hydrogen-bond donors (Lipinski definition) is 1. The van der Waals surface area contributed by atoms with Gasteiger partial charge in [-0.15, -0.1) is 0 Å². The maximum Gasteiger partial charge on any atom is 0.222 e. The van der Waals surface area contributed by atoms with Crippen LogP contribution in [0.25, 0.3) is 0 Å². The van der Waals surface area contributed by atoms with E-state index in [0.29, 0.717) is 18.3 Å². The Kier molecular flexibility index (Phi) is 4.80. The maximum atomic E-state index is 12.8. The molecule has 1 aliphatic heterocycles. The highest BCUT2D eigenvalue weighted by atomic mass is 16.3. The fourth-order valence-electron chi connectivity index (χ4n) is 4.94. The maximum absolute atomic E-state index is 12.8. The number of nitrogens with zero attached hydrogens (tertiary/aromatic N) is 5. The molecule has 1 amide bonds. The number of aromatic nitrogens is 4. The molecule has 27 heavy (non-hydrogen) atoms. The molecular weight excluding hydrogens is 342 g/mol. The van der Waals surface area contributed by atoms with Crippen LogP contribution < -0.4 is 0 Å².